The lowest BCUT2D eigenvalue weighted by molar-refractivity contribution is 0.413. The number of aromatic nitrogens is 1. The summed E-state index contributed by atoms with van der Waals surface area (Å²) in [6.45, 7) is 9.11. The number of rotatable bonds is 4. The van der Waals surface area contributed by atoms with E-state index in [4.69, 9.17) is 4.74 Å². The number of nitrogens with zero attached hydrogens (tertiary/aromatic N) is 1. The van der Waals surface area contributed by atoms with Crippen molar-refractivity contribution in [2.24, 2.45) is 0 Å². The van der Waals surface area contributed by atoms with E-state index in [2.05, 4.69) is 47.0 Å². The summed E-state index contributed by atoms with van der Waals surface area (Å²) in [4.78, 5) is 4.37. The maximum Gasteiger partial charge on any atom is 0.141 e. The van der Waals surface area contributed by atoms with Crippen LogP contribution in [0.25, 0.3) is 0 Å². The highest BCUT2D eigenvalue weighted by atomic mass is 79.9. The van der Waals surface area contributed by atoms with Gasteiger partial charge in [0, 0.05) is 35.6 Å². The number of benzene rings is 1. The second-order valence-electron chi connectivity index (χ2n) is 6.07. The summed E-state index contributed by atoms with van der Waals surface area (Å²) in [7, 11) is 0. The van der Waals surface area contributed by atoms with Crippen LogP contribution in [0, 0.1) is 6.92 Å². The molecule has 21 heavy (non-hydrogen) atoms. The molecule has 1 N–H and O–H groups in total. The Morgan fingerprint density at radius 3 is 2.57 bits per heavy atom. The van der Waals surface area contributed by atoms with Gasteiger partial charge in [-0.15, -0.1) is 0 Å². The molecular weight excluding hydrogens is 328 g/mol. The van der Waals surface area contributed by atoms with Crippen molar-refractivity contribution in [3.63, 3.8) is 0 Å². The van der Waals surface area contributed by atoms with Crippen molar-refractivity contribution < 1.29 is 4.74 Å². The smallest absolute Gasteiger partial charge is 0.141 e. The highest BCUT2D eigenvalue weighted by Crippen LogP contribution is 2.31. The van der Waals surface area contributed by atoms with E-state index in [-0.39, 0.29) is 5.54 Å². The number of nitrogens with one attached hydrogen (secondary N) is 1. The van der Waals surface area contributed by atoms with Gasteiger partial charge in [0.2, 0.25) is 0 Å². The minimum atomic E-state index is 0.0511. The number of para-hydroxylation sites is 1. The molecule has 0 saturated carbocycles. The molecule has 0 aliphatic rings. The van der Waals surface area contributed by atoms with Crippen LogP contribution in [0.1, 0.15) is 32.0 Å². The van der Waals surface area contributed by atoms with Gasteiger partial charge in [0.05, 0.1) is 4.47 Å². The number of hydrogen-bond donors (Lipinski definition) is 1. The zero-order valence-electron chi connectivity index (χ0n) is 12.9. The van der Waals surface area contributed by atoms with Crippen molar-refractivity contribution in [2.75, 3.05) is 0 Å². The highest BCUT2D eigenvalue weighted by Gasteiger charge is 2.13. The summed E-state index contributed by atoms with van der Waals surface area (Å²) < 4.78 is 7.00. The molecule has 0 fully saturated rings. The molecule has 4 heteroatoms. The van der Waals surface area contributed by atoms with Gasteiger partial charge in [-0.3, -0.25) is 4.98 Å². The number of halogens is 1. The first-order valence-electron chi connectivity index (χ1n) is 6.98. The van der Waals surface area contributed by atoms with E-state index in [0.29, 0.717) is 0 Å². The summed E-state index contributed by atoms with van der Waals surface area (Å²) in [6, 6.07) is 9.81. The predicted octanol–water partition coefficient (Wildman–Crippen LogP) is 4.83. The molecule has 0 unspecified atom stereocenters. The zero-order chi connectivity index (χ0) is 15.5. The van der Waals surface area contributed by atoms with Crippen molar-refractivity contribution in [3.8, 4) is 11.5 Å². The standard InChI is InChI=1S/C17H21BrN2O/c1-12-9-16(21-15-8-6-5-7-14(15)18)13(10-19-12)11-20-17(2,3)4/h5-10,20H,11H2,1-4H3. The molecular formula is C17H21BrN2O. The van der Waals surface area contributed by atoms with Crippen LogP contribution in [-0.2, 0) is 6.54 Å². The Morgan fingerprint density at radius 2 is 1.90 bits per heavy atom. The molecule has 0 amide bonds. The normalized spacial score (nSPS) is 11.5. The fourth-order valence-corrected chi connectivity index (χ4v) is 2.16. The summed E-state index contributed by atoms with van der Waals surface area (Å²) in [5.41, 5.74) is 2.04. The van der Waals surface area contributed by atoms with Crippen LogP contribution in [0.5, 0.6) is 11.5 Å². The summed E-state index contributed by atoms with van der Waals surface area (Å²) in [6.07, 6.45) is 1.88. The van der Waals surface area contributed by atoms with Gasteiger partial charge in [0.25, 0.3) is 0 Å². The lowest BCUT2D eigenvalue weighted by atomic mass is 10.1. The molecule has 0 bridgehead atoms. The summed E-state index contributed by atoms with van der Waals surface area (Å²) in [5.74, 6) is 1.64. The second kappa shape index (κ2) is 6.58. The summed E-state index contributed by atoms with van der Waals surface area (Å²) in [5, 5.41) is 3.47. The topological polar surface area (TPSA) is 34.1 Å². The van der Waals surface area contributed by atoms with Crippen molar-refractivity contribution in [3.05, 3.63) is 52.3 Å². The van der Waals surface area contributed by atoms with Crippen LogP contribution < -0.4 is 10.1 Å². The van der Waals surface area contributed by atoms with Crippen LogP contribution in [0.3, 0.4) is 0 Å². The van der Waals surface area contributed by atoms with Gasteiger partial charge in [0.15, 0.2) is 0 Å². The van der Waals surface area contributed by atoms with Gasteiger partial charge < -0.3 is 10.1 Å². The second-order valence-corrected chi connectivity index (χ2v) is 6.92. The molecule has 1 heterocycles. The third-order valence-corrected chi connectivity index (χ3v) is 3.60. The van der Waals surface area contributed by atoms with Crippen LogP contribution in [0.15, 0.2) is 41.0 Å². The van der Waals surface area contributed by atoms with Crippen LogP contribution >= 0.6 is 15.9 Å². The first kappa shape index (κ1) is 16.0. The van der Waals surface area contributed by atoms with E-state index < -0.39 is 0 Å². The third-order valence-electron chi connectivity index (χ3n) is 2.95. The molecule has 0 spiro atoms. The van der Waals surface area contributed by atoms with Crippen LogP contribution in [0.2, 0.25) is 0 Å². The maximum atomic E-state index is 6.06. The summed E-state index contributed by atoms with van der Waals surface area (Å²) >= 11 is 3.51. The SMILES string of the molecule is Cc1cc(Oc2ccccc2Br)c(CNC(C)(C)C)cn1. The van der Waals surface area contributed by atoms with Crippen LogP contribution in [0.4, 0.5) is 0 Å². The molecule has 2 rings (SSSR count). The first-order valence-corrected chi connectivity index (χ1v) is 7.77. The molecule has 0 aliphatic heterocycles. The fourth-order valence-electron chi connectivity index (χ4n) is 1.80. The van der Waals surface area contributed by atoms with Crippen molar-refractivity contribution >= 4 is 15.9 Å². The minimum absolute atomic E-state index is 0.0511. The Bertz CT molecular complexity index is 620. The van der Waals surface area contributed by atoms with Gasteiger partial charge in [0.1, 0.15) is 11.5 Å². The molecule has 0 radical (unpaired) electrons. The average Bonchev–Trinajstić information content (AvgIpc) is 2.39. The largest absolute Gasteiger partial charge is 0.456 e. The third kappa shape index (κ3) is 4.83. The van der Waals surface area contributed by atoms with E-state index in [1.165, 1.54) is 0 Å². The Morgan fingerprint density at radius 1 is 1.19 bits per heavy atom. The quantitative estimate of drug-likeness (QED) is 0.858. The Labute approximate surface area is 134 Å². The zero-order valence-corrected chi connectivity index (χ0v) is 14.5. The fraction of sp³-hybridized carbons (Fsp3) is 0.353. The highest BCUT2D eigenvalue weighted by molar-refractivity contribution is 9.10. The van der Waals surface area contributed by atoms with E-state index in [0.717, 1.165) is 33.8 Å². The van der Waals surface area contributed by atoms with E-state index >= 15 is 0 Å². The Balaban J connectivity index is 2.25. The van der Waals surface area contributed by atoms with Gasteiger partial charge in [-0.2, -0.15) is 0 Å². The first-order chi connectivity index (χ1) is 9.85. The molecule has 0 atom stereocenters. The Hall–Kier alpha value is -1.39. The molecule has 1 aromatic carbocycles. The molecule has 112 valence electrons. The van der Waals surface area contributed by atoms with Crippen LogP contribution in [-0.4, -0.2) is 10.5 Å². The average molecular weight is 349 g/mol. The molecule has 0 aliphatic carbocycles. The van der Waals surface area contributed by atoms with Crippen molar-refractivity contribution in [1.82, 2.24) is 10.3 Å². The maximum absolute atomic E-state index is 6.06. The molecule has 0 saturated heterocycles. The lowest BCUT2D eigenvalue weighted by Gasteiger charge is -2.21. The lowest BCUT2D eigenvalue weighted by Crippen LogP contribution is -2.35. The number of aryl methyl sites for hydroxylation is 1. The number of ether oxygens (including phenoxy) is 1. The van der Waals surface area contributed by atoms with Gasteiger partial charge in [-0.25, -0.2) is 0 Å². The van der Waals surface area contributed by atoms with Gasteiger partial charge in [-0.05, 0) is 55.8 Å². The molecule has 2 aromatic rings. The van der Waals surface area contributed by atoms with E-state index in [9.17, 15) is 0 Å². The van der Waals surface area contributed by atoms with Crippen molar-refractivity contribution in [1.29, 1.82) is 0 Å². The number of pyridine rings is 1. The van der Waals surface area contributed by atoms with Crippen molar-refractivity contribution in [2.45, 2.75) is 39.8 Å². The minimum Gasteiger partial charge on any atom is -0.456 e. The van der Waals surface area contributed by atoms with E-state index in [1.807, 2.05) is 43.5 Å². The monoisotopic (exact) mass is 348 g/mol. The Kier molecular flexibility index (Phi) is 5.01. The predicted molar refractivity (Wildman–Crippen MR) is 89.8 cm³/mol. The van der Waals surface area contributed by atoms with Gasteiger partial charge in [-0.1, -0.05) is 12.1 Å². The van der Waals surface area contributed by atoms with E-state index in [1.54, 1.807) is 0 Å². The number of hydrogen-bond acceptors (Lipinski definition) is 3. The molecule has 1 aromatic heterocycles. The molecule has 3 nitrogen and oxygen atoms in total. The van der Waals surface area contributed by atoms with Gasteiger partial charge >= 0.3 is 0 Å².